The lowest BCUT2D eigenvalue weighted by Crippen LogP contribution is -1.96. The van der Waals surface area contributed by atoms with Gasteiger partial charge in [-0.1, -0.05) is 11.6 Å². The van der Waals surface area contributed by atoms with Crippen LogP contribution >= 0.6 is 23.4 Å². The highest BCUT2D eigenvalue weighted by Crippen LogP contribution is 2.20. The Morgan fingerprint density at radius 1 is 1.24 bits per heavy atom. The van der Waals surface area contributed by atoms with Gasteiger partial charge in [0.2, 0.25) is 5.12 Å². The molecule has 1 aromatic heterocycles. The Kier molecular flexibility index (Phi) is 3.76. The second kappa shape index (κ2) is 5.29. The summed E-state index contributed by atoms with van der Waals surface area (Å²) >= 11 is 6.77. The molecule has 0 saturated carbocycles. The van der Waals surface area contributed by atoms with Crippen molar-refractivity contribution in [3.05, 3.63) is 52.8 Å². The molecule has 2 rings (SSSR count). The third-order valence-electron chi connectivity index (χ3n) is 2.04. The first-order valence-electron chi connectivity index (χ1n) is 4.92. The van der Waals surface area contributed by atoms with E-state index >= 15 is 0 Å². The van der Waals surface area contributed by atoms with Gasteiger partial charge in [0, 0.05) is 22.5 Å². The fourth-order valence-electron chi connectivity index (χ4n) is 1.20. The van der Waals surface area contributed by atoms with Gasteiger partial charge < -0.3 is 0 Å². The summed E-state index contributed by atoms with van der Waals surface area (Å²) in [5.41, 5.74) is 1.43. The lowest BCUT2D eigenvalue weighted by molar-refractivity contribution is 0.108. The number of hydrogen-bond acceptors (Lipinski definition) is 4. The molecule has 0 aliphatic rings. The van der Waals surface area contributed by atoms with Crippen molar-refractivity contribution < 1.29 is 4.79 Å². The van der Waals surface area contributed by atoms with E-state index in [2.05, 4.69) is 9.97 Å². The lowest BCUT2D eigenvalue weighted by Gasteiger charge is -2.00. The number of carbonyl (C=O) groups excluding carboxylic acids is 1. The summed E-state index contributed by atoms with van der Waals surface area (Å²) in [7, 11) is 0. The van der Waals surface area contributed by atoms with Crippen molar-refractivity contribution in [3.8, 4) is 0 Å². The predicted octanol–water partition coefficient (Wildman–Crippen LogP) is 3.37. The first kappa shape index (κ1) is 12.1. The summed E-state index contributed by atoms with van der Waals surface area (Å²) in [6.45, 7) is 1.86. The molecule has 0 aliphatic heterocycles. The third kappa shape index (κ3) is 3.28. The fourth-order valence-corrected chi connectivity index (χ4v) is 2.05. The van der Waals surface area contributed by atoms with Crippen LogP contribution in [0.3, 0.4) is 0 Å². The molecular formula is C12H9ClN2OS. The van der Waals surface area contributed by atoms with Crippen LogP contribution in [0.4, 0.5) is 0 Å². The number of aryl methyl sites for hydroxylation is 1. The van der Waals surface area contributed by atoms with Gasteiger partial charge in [0.15, 0.2) is 5.16 Å². The smallest absolute Gasteiger partial charge is 0.227 e. The van der Waals surface area contributed by atoms with Gasteiger partial charge in [0.25, 0.3) is 0 Å². The standard InChI is InChI=1S/C12H9ClN2OS/c1-8-6-7-14-12(15-8)17-11(16)9-2-4-10(13)5-3-9/h2-7H,1H3. The Morgan fingerprint density at radius 3 is 2.59 bits per heavy atom. The molecule has 17 heavy (non-hydrogen) atoms. The maximum Gasteiger partial charge on any atom is 0.227 e. The van der Waals surface area contributed by atoms with E-state index in [-0.39, 0.29) is 5.12 Å². The van der Waals surface area contributed by atoms with Crippen LogP contribution in [0.5, 0.6) is 0 Å². The molecule has 0 amide bonds. The van der Waals surface area contributed by atoms with E-state index in [4.69, 9.17) is 11.6 Å². The first-order chi connectivity index (χ1) is 8.15. The van der Waals surface area contributed by atoms with Gasteiger partial charge in [-0.15, -0.1) is 0 Å². The first-order valence-corrected chi connectivity index (χ1v) is 6.12. The third-order valence-corrected chi connectivity index (χ3v) is 3.09. The quantitative estimate of drug-likeness (QED) is 0.616. The minimum Gasteiger partial charge on any atom is -0.281 e. The van der Waals surface area contributed by atoms with E-state index in [9.17, 15) is 4.79 Å². The van der Waals surface area contributed by atoms with Crippen LogP contribution in [0.2, 0.25) is 5.02 Å². The SMILES string of the molecule is Cc1ccnc(SC(=O)c2ccc(Cl)cc2)n1. The molecule has 5 heteroatoms. The molecule has 3 nitrogen and oxygen atoms in total. The second-order valence-electron chi connectivity index (χ2n) is 3.38. The minimum absolute atomic E-state index is 0.0905. The summed E-state index contributed by atoms with van der Waals surface area (Å²) in [4.78, 5) is 20.1. The Labute approximate surface area is 108 Å². The van der Waals surface area contributed by atoms with Crippen molar-refractivity contribution in [2.24, 2.45) is 0 Å². The van der Waals surface area contributed by atoms with Gasteiger partial charge >= 0.3 is 0 Å². The Hall–Kier alpha value is -1.39. The highest BCUT2D eigenvalue weighted by atomic mass is 35.5. The number of carbonyl (C=O) groups is 1. The van der Waals surface area contributed by atoms with Crippen molar-refractivity contribution in [1.29, 1.82) is 0 Å². The van der Waals surface area contributed by atoms with Gasteiger partial charge in [-0.05, 0) is 49.0 Å². The van der Waals surface area contributed by atoms with E-state index in [1.54, 1.807) is 36.5 Å². The highest BCUT2D eigenvalue weighted by molar-refractivity contribution is 8.14. The number of thioether (sulfide) groups is 1. The topological polar surface area (TPSA) is 42.9 Å². The molecule has 0 fully saturated rings. The van der Waals surface area contributed by atoms with Crippen molar-refractivity contribution in [3.63, 3.8) is 0 Å². The van der Waals surface area contributed by atoms with Crippen molar-refractivity contribution >= 4 is 28.5 Å². The Morgan fingerprint density at radius 2 is 1.94 bits per heavy atom. The van der Waals surface area contributed by atoms with Gasteiger partial charge in [-0.3, -0.25) is 4.79 Å². The van der Waals surface area contributed by atoms with Crippen LogP contribution in [0, 0.1) is 6.92 Å². The normalized spacial score (nSPS) is 10.2. The number of rotatable bonds is 2. The molecule has 0 bridgehead atoms. The molecule has 0 radical (unpaired) electrons. The average molecular weight is 265 g/mol. The monoisotopic (exact) mass is 264 g/mol. The number of nitrogens with zero attached hydrogens (tertiary/aromatic N) is 2. The van der Waals surface area contributed by atoms with Crippen LogP contribution < -0.4 is 0 Å². The molecule has 0 atom stereocenters. The van der Waals surface area contributed by atoms with Crippen molar-refractivity contribution in [2.45, 2.75) is 12.1 Å². The van der Waals surface area contributed by atoms with Crippen LogP contribution in [0.25, 0.3) is 0 Å². The van der Waals surface area contributed by atoms with Crippen LogP contribution in [-0.2, 0) is 0 Å². The summed E-state index contributed by atoms with van der Waals surface area (Å²) in [6, 6.07) is 8.54. The van der Waals surface area contributed by atoms with E-state index in [1.807, 2.05) is 6.92 Å². The Balaban J connectivity index is 2.14. The number of benzene rings is 1. The molecule has 1 heterocycles. The summed E-state index contributed by atoms with van der Waals surface area (Å²) in [6.07, 6.45) is 1.64. The number of halogens is 1. The molecule has 1 aromatic carbocycles. The van der Waals surface area contributed by atoms with Crippen LogP contribution in [-0.4, -0.2) is 15.1 Å². The van der Waals surface area contributed by atoms with Gasteiger partial charge in [-0.2, -0.15) is 0 Å². The number of aromatic nitrogens is 2. The van der Waals surface area contributed by atoms with Crippen molar-refractivity contribution in [1.82, 2.24) is 9.97 Å². The maximum atomic E-state index is 11.9. The highest BCUT2D eigenvalue weighted by Gasteiger charge is 2.09. The molecule has 86 valence electrons. The van der Waals surface area contributed by atoms with E-state index < -0.39 is 0 Å². The van der Waals surface area contributed by atoms with Gasteiger partial charge in [0.1, 0.15) is 0 Å². The average Bonchev–Trinajstić information content (AvgIpc) is 2.29. The largest absolute Gasteiger partial charge is 0.281 e. The zero-order valence-electron chi connectivity index (χ0n) is 9.05. The Bertz CT molecular complexity index is 542. The molecule has 0 saturated heterocycles. The van der Waals surface area contributed by atoms with Crippen LogP contribution in [0.1, 0.15) is 16.1 Å². The molecular weight excluding hydrogens is 256 g/mol. The molecule has 0 spiro atoms. The number of hydrogen-bond donors (Lipinski definition) is 0. The van der Waals surface area contributed by atoms with Crippen LogP contribution in [0.15, 0.2) is 41.7 Å². The van der Waals surface area contributed by atoms with Crippen molar-refractivity contribution in [2.75, 3.05) is 0 Å². The minimum atomic E-state index is -0.0905. The lowest BCUT2D eigenvalue weighted by atomic mass is 10.2. The molecule has 0 unspecified atom stereocenters. The summed E-state index contributed by atoms with van der Waals surface area (Å²) < 4.78 is 0. The summed E-state index contributed by atoms with van der Waals surface area (Å²) in [5.74, 6) is 0. The molecule has 2 aromatic rings. The van der Waals surface area contributed by atoms with E-state index in [0.717, 1.165) is 17.5 Å². The second-order valence-corrected chi connectivity index (χ2v) is 4.75. The maximum absolute atomic E-state index is 11.9. The zero-order valence-corrected chi connectivity index (χ0v) is 10.6. The summed E-state index contributed by atoms with van der Waals surface area (Å²) in [5, 5.41) is 0.982. The predicted molar refractivity (Wildman–Crippen MR) is 68.4 cm³/mol. The zero-order chi connectivity index (χ0) is 12.3. The van der Waals surface area contributed by atoms with Gasteiger partial charge in [0.05, 0.1) is 0 Å². The van der Waals surface area contributed by atoms with E-state index in [1.165, 1.54) is 0 Å². The molecule has 0 aliphatic carbocycles. The van der Waals surface area contributed by atoms with E-state index in [0.29, 0.717) is 15.7 Å². The molecule has 0 N–H and O–H groups in total. The fraction of sp³-hybridized carbons (Fsp3) is 0.0833. The van der Waals surface area contributed by atoms with Gasteiger partial charge in [-0.25, -0.2) is 9.97 Å².